The van der Waals surface area contributed by atoms with E-state index in [-0.39, 0.29) is 17.2 Å². The van der Waals surface area contributed by atoms with E-state index in [4.69, 9.17) is 0 Å². The minimum atomic E-state index is -0.120. The molecule has 1 aliphatic rings. The lowest BCUT2D eigenvalue weighted by Gasteiger charge is -2.14. The molecule has 0 radical (unpaired) electrons. The van der Waals surface area contributed by atoms with Gasteiger partial charge in [-0.25, -0.2) is 4.98 Å². The van der Waals surface area contributed by atoms with E-state index in [0.29, 0.717) is 5.16 Å². The first-order valence-electron chi connectivity index (χ1n) is 8.72. The van der Waals surface area contributed by atoms with E-state index in [0.717, 1.165) is 53.4 Å². The van der Waals surface area contributed by atoms with Gasteiger partial charge in [0.25, 0.3) is 5.56 Å². The van der Waals surface area contributed by atoms with Crippen LogP contribution in [0, 0.1) is 0 Å². The molecule has 0 aliphatic heterocycles. The number of thioether (sulfide) groups is 1. The van der Waals surface area contributed by atoms with Crippen molar-refractivity contribution >= 4 is 34.1 Å². The SMILES string of the molecule is O=C(CSc1nc2c(c(=O)[nH]1)CCCC2)Nc1ccc2ccccc2c1. The highest BCUT2D eigenvalue weighted by molar-refractivity contribution is 7.99. The third-order valence-electron chi connectivity index (χ3n) is 4.54. The van der Waals surface area contributed by atoms with E-state index in [2.05, 4.69) is 15.3 Å². The van der Waals surface area contributed by atoms with Crippen LogP contribution in [-0.4, -0.2) is 21.6 Å². The van der Waals surface area contributed by atoms with Crippen molar-refractivity contribution in [3.8, 4) is 0 Å². The Morgan fingerprint density at radius 3 is 2.81 bits per heavy atom. The van der Waals surface area contributed by atoms with Gasteiger partial charge in [0.1, 0.15) is 0 Å². The number of nitrogens with one attached hydrogen (secondary N) is 2. The number of amides is 1. The number of anilines is 1. The molecule has 0 atom stereocenters. The largest absolute Gasteiger partial charge is 0.325 e. The highest BCUT2D eigenvalue weighted by Crippen LogP contribution is 2.21. The van der Waals surface area contributed by atoms with Gasteiger partial charge in [0, 0.05) is 11.3 Å². The normalized spacial score (nSPS) is 13.4. The van der Waals surface area contributed by atoms with Crippen LogP contribution in [0.25, 0.3) is 10.8 Å². The maximum Gasteiger partial charge on any atom is 0.254 e. The van der Waals surface area contributed by atoms with E-state index < -0.39 is 0 Å². The zero-order valence-corrected chi connectivity index (χ0v) is 15.1. The Balaban J connectivity index is 1.42. The van der Waals surface area contributed by atoms with Gasteiger partial charge in [-0.15, -0.1) is 0 Å². The summed E-state index contributed by atoms with van der Waals surface area (Å²) < 4.78 is 0. The summed E-state index contributed by atoms with van der Waals surface area (Å²) in [5.41, 5.74) is 2.40. The van der Waals surface area contributed by atoms with Crippen molar-refractivity contribution in [2.45, 2.75) is 30.8 Å². The lowest BCUT2D eigenvalue weighted by atomic mass is 9.97. The van der Waals surface area contributed by atoms with Crippen molar-refractivity contribution in [3.63, 3.8) is 0 Å². The number of aryl methyl sites for hydroxylation is 1. The van der Waals surface area contributed by atoms with Crippen LogP contribution in [0.3, 0.4) is 0 Å². The van der Waals surface area contributed by atoms with Gasteiger partial charge in [-0.2, -0.15) is 0 Å². The van der Waals surface area contributed by atoms with Gasteiger partial charge < -0.3 is 10.3 Å². The number of hydrogen-bond donors (Lipinski definition) is 2. The van der Waals surface area contributed by atoms with Crippen LogP contribution in [0.15, 0.2) is 52.4 Å². The van der Waals surface area contributed by atoms with Crippen molar-refractivity contribution in [1.82, 2.24) is 9.97 Å². The maximum atomic E-state index is 12.2. The number of carbonyl (C=O) groups excluding carboxylic acids is 1. The first-order valence-corrected chi connectivity index (χ1v) is 9.71. The second-order valence-electron chi connectivity index (χ2n) is 6.40. The van der Waals surface area contributed by atoms with Gasteiger partial charge >= 0.3 is 0 Å². The lowest BCUT2D eigenvalue weighted by molar-refractivity contribution is -0.113. The van der Waals surface area contributed by atoms with Crippen LogP contribution in [0.5, 0.6) is 0 Å². The summed E-state index contributed by atoms with van der Waals surface area (Å²) in [5, 5.41) is 5.64. The number of rotatable bonds is 4. The van der Waals surface area contributed by atoms with Gasteiger partial charge in [-0.3, -0.25) is 9.59 Å². The molecule has 1 aliphatic carbocycles. The van der Waals surface area contributed by atoms with Crippen molar-refractivity contribution in [3.05, 3.63) is 64.1 Å². The second-order valence-corrected chi connectivity index (χ2v) is 7.37. The number of H-pyrrole nitrogens is 1. The molecule has 6 heteroatoms. The van der Waals surface area contributed by atoms with E-state index in [1.807, 2.05) is 42.5 Å². The Kier molecular flexibility index (Phi) is 4.75. The minimum absolute atomic E-state index is 0.0628. The zero-order chi connectivity index (χ0) is 17.9. The number of fused-ring (bicyclic) bond motifs is 2. The molecule has 0 saturated heterocycles. The molecule has 0 fully saturated rings. The monoisotopic (exact) mass is 365 g/mol. The summed E-state index contributed by atoms with van der Waals surface area (Å²) in [6.45, 7) is 0. The number of carbonyl (C=O) groups is 1. The Labute approximate surface area is 155 Å². The van der Waals surface area contributed by atoms with Gasteiger partial charge in [-0.1, -0.05) is 42.1 Å². The van der Waals surface area contributed by atoms with Crippen LogP contribution in [-0.2, 0) is 17.6 Å². The number of aromatic amines is 1. The minimum Gasteiger partial charge on any atom is -0.325 e. The fourth-order valence-electron chi connectivity index (χ4n) is 3.25. The van der Waals surface area contributed by atoms with Crippen molar-refractivity contribution in [2.75, 3.05) is 11.1 Å². The van der Waals surface area contributed by atoms with E-state index in [9.17, 15) is 9.59 Å². The molecule has 0 unspecified atom stereocenters. The van der Waals surface area contributed by atoms with E-state index in [1.54, 1.807) is 0 Å². The molecule has 0 bridgehead atoms. The predicted molar refractivity (Wildman–Crippen MR) is 105 cm³/mol. The van der Waals surface area contributed by atoms with Crippen LogP contribution >= 0.6 is 11.8 Å². The molecule has 2 N–H and O–H groups in total. The van der Waals surface area contributed by atoms with Gasteiger partial charge in [-0.05, 0) is 48.6 Å². The summed E-state index contributed by atoms with van der Waals surface area (Å²) in [7, 11) is 0. The summed E-state index contributed by atoms with van der Waals surface area (Å²) in [4.78, 5) is 31.7. The average molecular weight is 365 g/mol. The highest BCUT2D eigenvalue weighted by Gasteiger charge is 2.16. The Morgan fingerprint density at radius 2 is 1.92 bits per heavy atom. The first kappa shape index (κ1) is 16.8. The molecule has 26 heavy (non-hydrogen) atoms. The van der Waals surface area contributed by atoms with Crippen LogP contribution in [0.1, 0.15) is 24.1 Å². The molecular formula is C20H19N3O2S. The molecule has 4 rings (SSSR count). The Bertz CT molecular complexity index is 1030. The van der Waals surface area contributed by atoms with Crippen molar-refractivity contribution in [1.29, 1.82) is 0 Å². The molecule has 1 aromatic heterocycles. The molecule has 2 aromatic carbocycles. The molecule has 5 nitrogen and oxygen atoms in total. The number of benzene rings is 2. The molecule has 1 heterocycles. The molecular weight excluding hydrogens is 346 g/mol. The highest BCUT2D eigenvalue weighted by atomic mass is 32.2. The standard InChI is InChI=1S/C20H19N3O2S/c24-18(21-15-10-9-13-5-1-2-6-14(13)11-15)12-26-20-22-17-8-4-3-7-16(17)19(25)23-20/h1-2,5-6,9-11H,3-4,7-8,12H2,(H,21,24)(H,22,23,25). The van der Waals surface area contributed by atoms with Gasteiger partial charge in [0.2, 0.25) is 5.91 Å². The fraction of sp³-hybridized carbons (Fsp3) is 0.250. The molecule has 0 spiro atoms. The Morgan fingerprint density at radius 1 is 1.12 bits per heavy atom. The van der Waals surface area contributed by atoms with Gasteiger partial charge in [0.15, 0.2) is 5.16 Å². The van der Waals surface area contributed by atoms with Crippen molar-refractivity contribution < 1.29 is 4.79 Å². The maximum absolute atomic E-state index is 12.2. The number of hydrogen-bond acceptors (Lipinski definition) is 4. The smallest absolute Gasteiger partial charge is 0.254 e. The lowest BCUT2D eigenvalue weighted by Crippen LogP contribution is -2.22. The van der Waals surface area contributed by atoms with Crippen LogP contribution in [0.4, 0.5) is 5.69 Å². The molecule has 0 saturated carbocycles. The van der Waals surface area contributed by atoms with Crippen LogP contribution < -0.4 is 10.9 Å². The van der Waals surface area contributed by atoms with E-state index >= 15 is 0 Å². The summed E-state index contributed by atoms with van der Waals surface area (Å²) in [5.74, 6) is 0.0832. The topological polar surface area (TPSA) is 74.8 Å². The summed E-state index contributed by atoms with van der Waals surface area (Å²) >= 11 is 1.26. The predicted octanol–water partition coefficient (Wildman–Crippen LogP) is 3.53. The first-order chi connectivity index (χ1) is 12.7. The molecule has 3 aromatic rings. The number of aromatic nitrogens is 2. The molecule has 1 amide bonds. The summed E-state index contributed by atoms with van der Waals surface area (Å²) in [6.07, 6.45) is 3.75. The number of nitrogens with zero attached hydrogens (tertiary/aromatic N) is 1. The van der Waals surface area contributed by atoms with Crippen molar-refractivity contribution in [2.24, 2.45) is 0 Å². The third kappa shape index (κ3) is 3.65. The van der Waals surface area contributed by atoms with Gasteiger partial charge in [0.05, 0.1) is 11.4 Å². The molecule has 132 valence electrons. The summed E-state index contributed by atoms with van der Waals surface area (Å²) in [6, 6.07) is 13.9. The Hall–Kier alpha value is -2.60. The average Bonchev–Trinajstić information content (AvgIpc) is 2.66. The zero-order valence-electron chi connectivity index (χ0n) is 14.2. The fourth-order valence-corrected chi connectivity index (χ4v) is 3.93. The quantitative estimate of drug-likeness (QED) is 0.548. The third-order valence-corrected chi connectivity index (χ3v) is 5.42. The van der Waals surface area contributed by atoms with Crippen LogP contribution in [0.2, 0.25) is 0 Å². The van der Waals surface area contributed by atoms with E-state index in [1.165, 1.54) is 11.8 Å². The second kappa shape index (κ2) is 7.33.